The molecule has 0 saturated carbocycles. The van der Waals surface area contributed by atoms with E-state index >= 15 is 4.39 Å². The highest BCUT2D eigenvalue weighted by molar-refractivity contribution is 6.34. The molecule has 2 saturated heterocycles. The highest BCUT2D eigenvalue weighted by atomic mass is 35.5. The SMILES string of the molecule is C=CC(=O)N1CCN(c2nc(OCCN3CCCCC3)nc3c(F)c(-c4c(O)cccc4F)c(Cl)cc23)CC1. The highest BCUT2D eigenvalue weighted by Crippen LogP contribution is 2.42. The Balaban J connectivity index is 1.54. The number of benzene rings is 2. The van der Waals surface area contributed by atoms with Gasteiger partial charge in [-0.05, 0) is 50.2 Å². The van der Waals surface area contributed by atoms with E-state index in [1.54, 1.807) is 4.90 Å². The number of carbonyl (C=O) groups excluding carboxylic acids is 1. The van der Waals surface area contributed by atoms with Crippen molar-refractivity contribution in [1.29, 1.82) is 0 Å². The fraction of sp³-hybridized carbons (Fsp3) is 0.393. The van der Waals surface area contributed by atoms with Crippen LogP contribution in [0.15, 0.2) is 36.9 Å². The number of fused-ring (bicyclic) bond motifs is 1. The van der Waals surface area contributed by atoms with Crippen molar-refractivity contribution in [3.63, 3.8) is 0 Å². The maximum Gasteiger partial charge on any atom is 0.319 e. The smallest absolute Gasteiger partial charge is 0.319 e. The number of piperazine rings is 1. The Morgan fingerprint density at radius 2 is 1.82 bits per heavy atom. The van der Waals surface area contributed by atoms with Crippen LogP contribution >= 0.6 is 11.6 Å². The maximum atomic E-state index is 16.1. The summed E-state index contributed by atoms with van der Waals surface area (Å²) < 4.78 is 36.8. The van der Waals surface area contributed by atoms with Gasteiger partial charge in [0.2, 0.25) is 5.91 Å². The Morgan fingerprint density at radius 3 is 2.51 bits per heavy atom. The van der Waals surface area contributed by atoms with Crippen LogP contribution in [0.1, 0.15) is 19.3 Å². The largest absolute Gasteiger partial charge is 0.507 e. The van der Waals surface area contributed by atoms with E-state index in [-0.39, 0.29) is 33.6 Å². The first-order valence-electron chi connectivity index (χ1n) is 13.1. The summed E-state index contributed by atoms with van der Waals surface area (Å²) in [5.74, 6) is -1.89. The van der Waals surface area contributed by atoms with Crippen molar-refractivity contribution in [2.45, 2.75) is 19.3 Å². The second-order valence-corrected chi connectivity index (χ2v) is 10.1. The number of hydrogen-bond acceptors (Lipinski definition) is 7. The zero-order chi connectivity index (χ0) is 27.5. The van der Waals surface area contributed by atoms with Crippen molar-refractivity contribution in [2.75, 3.05) is 57.3 Å². The van der Waals surface area contributed by atoms with E-state index in [1.807, 2.05) is 4.90 Å². The minimum absolute atomic E-state index is 0.0102. The number of halogens is 3. The third-order valence-electron chi connectivity index (χ3n) is 7.24. The zero-order valence-corrected chi connectivity index (χ0v) is 22.3. The lowest BCUT2D eigenvalue weighted by Gasteiger charge is -2.35. The molecule has 3 aromatic rings. The lowest BCUT2D eigenvalue weighted by atomic mass is 10.0. The summed E-state index contributed by atoms with van der Waals surface area (Å²) in [5.41, 5.74) is -0.726. The number of aromatic nitrogens is 2. The van der Waals surface area contributed by atoms with Gasteiger partial charge in [0.15, 0.2) is 5.82 Å². The van der Waals surface area contributed by atoms with Crippen LogP contribution in [-0.4, -0.2) is 83.2 Å². The van der Waals surface area contributed by atoms with Crippen LogP contribution < -0.4 is 9.64 Å². The van der Waals surface area contributed by atoms with Gasteiger partial charge in [-0.15, -0.1) is 0 Å². The lowest BCUT2D eigenvalue weighted by Crippen LogP contribution is -2.48. The maximum absolute atomic E-state index is 16.1. The average Bonchev–Trinajstić information content (AvgIpc) is 2.95. The molecule has 11 heteroatoms. The second kappa shape index (κ2) is 11.7. The number of anilines is 1. The van der Waals surface area contributed by atoms with Crippen molar-refractivity contribution in [2.24, 2.45) is 0 Å². The van der Waals surface area contributed by atoms with Crippen molar-refractivity contribution >= 4 is 34.2 Å². The molecule has 0 aliphatic carbocycles. The molecule has 3 heterocycles. The first-order chi connectivity index (χ1) is 18.9. The standard InChI is InChI=1S/C28H30ClF2N5O3/c1-2-22(38)35-11-13-36(14-12-35)27-18-17-19(29)23(24-20(30)7-6-8-21(24)37)25(31)26(18)32-28(33-27)39-16-15-34-9-4-3-5-10-34/h2,6-8,17,37H,1,3-5,9-16H2. The van der Waals surface area contributed by atoms with E-state index in [2.05, 4.69) is 21.4 Å². The molecule has 2 fully saturated rings. The average molecular weight is 558 g/mol. The molecule has 0 unspecified atom stereocenters. The van der Waals surface area contributed by atoms with Gasteiger partial charge in [0.1, 0.15) is 29.5 Å². The molecule has 1 N–H and O–H groups in total. The number of rotatable bonds is 7. The summed E-state index contributed by atoms with van der Waals surface area (Å²) >= 11 is 6.50. The van der Waals surface area contributed by atoms with E-state index in [0.717, 1.165) is 32.0 Å². The Kier molecular flexibility index (Phi) is 8.13. The van der Waals surface area contributed by atoms with Gasteiger partial charge in [-0.2, -0.15) is 9.97 Å². The van der Waals surface area contributed by atoms with Crippen LogP contribution in [0.5, 0.6) is 11.8 Å². The third-order valence-corrected chi connectivity index (χ3v) is 7.53. The summed E-state index contributed by atoms with van der Waals surface area (Å²) in [5, 5.41) is 10.6. The minimum atomic E-state index is -0.886. The molecule has 1 amide bonds. The number of piperidine rings is 1. The number of ether oxygens (including phenoxy) is 1. The Morgan fingerprint density at radius 1 is 1.08 bits per heavy atom. The van der Waals surface area contributed by atoms with Crippen LogP contribution in [0, 0.1) is 11.6 Å². The summed E-state index contributed by atoms with van der Waals surface area (Å²) in [6.45, 7) is 8.30. The van der Waals surface area contributed by atoms with Gasteiger partial charge in [0.05, 0.1) is 10.6 Å². The number of amides is 1. The summed E-state index contributed by atoms with van der Waals surface area (Å²) in [6.07, 6.45) is 4.80. The van der Waals surface area contributed by atoms with Crippen LogP contribution in [0.2, 0.25) is 5.02 Å². The molecule has 5 rings (SSSR count). The lowest BCUT2D eigenvalue weighted by molar-refractivity contribution is -0.126. The van der Waals surface area contributed by atoms with Gasteiger partial charge in [0.25, 0.3) is 0 Å². The third kappa shape index (κ3) is 5.62. The molecular weight excluding hydrogens is 528 g/mol. The van der Waals surface area contributed by atoms with Crippen molar-refractivity contribution in [1.82, 2.24) is 19.8 Å². The van der Waals surface area contributed by atoms with Gasteiger partial charge in [0, 0.05) is 43.7 Å². The molecular formula is C28H30ClF2N5O3. The molecule has 0 spiro atoms. The van der Waals surface area contributed by atoms with Gasteiger partial charge in [-0.3, -0.25) is 9.69 Å². The molecule has 1 aromatic heterocycles. The van der Waals surface area contributed by atoms with Crippen LogP contribution in [0.3, 0.4) is 0 Å². The molecule has 2 aliphatic heterocycles. The molecule has 0 bridgehead atoms. The highest BCUT2D eigenvalue weighted by Gasteiger charge is 2.27. The summed E-state index contributed by atoms with van der Waals surface area (Å²) in [6, 6.07) is 5.19. The van der Waals surface area contributed by atoms with E-state index in [9.17, 15) is 14.3 Å². The fourth-order valence-electron chi connectivity index (χ4n) is 5.17. The van der Waals surface area contributed by atoms with E-state index in [4.69, 9.17) is 16.3 Å². The summed E-state index contributed by atoms with van der Waals surface area (Å²) in [4.78, 5) is 26.9. The van der Waals surface area contributed by atoms with Crippen LogP contribution in [0.25, 0.3) is 22.0 Å². The number of carbonyl (C=O) groups is 1. The molecule has 2 aliphatic rings. The molecule has 8 nitrogen and oxygen atoms in total. The predicted molar refractivity (Wildman–Crippen MR) is 146 cm³/mol. The quantitative estimate of drug-likeness (QED) is 0.424. The van der Waals surface area contributed by atoms with Gasteiger partial charge >= 0.3 is 6.01 Å². The first kappa shape index (κ1) is 27.1. The number of phenolic OH excluding ortho intramolecular Hbond substituents is 1. The number of aromatic hydroxyl groups is 1. The molecule has 0 radical (unpaired) electrons. The normalized spacial score (nSPS) is 16.5. The Hall–Kier alpha value is -3.50. The monoisotopic (exact) mass is 557 g/mol. The van der Waals surface area contributed by atoms with Crippen molar-refractivity contribution < 1.29 is 23.4 Å². The number of nitrogens with zero attached hydrogens (tertiary/aromatic N) is 5. The second-order valence-electron chi connectivity index (χ2n) is 9.67. The molecule has 206 valence electrons. The van der Waals surface area contributed by atoms with E-state index in [0.29, 0.717) is 50.5 Å². The van der Waals surface area contributed by atoms with Gasteiger partial charge < -0.3 is 19.6 Å². The van der Waals surface area contributed by atoms with Gasteiger partial charge in [-0.1, -0.05) is 30.7 Å². The fourth-order valence-corrected chi connectivity index (χ4v) is 5.46. The van der Waals surface area contributed by atoms with Crippen molar-refractivity contribution in [3.8, 4) is 22.9 Å². The predicted octanol–water partition coefficient (Wildman–Crippen LogP) is 4.63. The topological polar surface area (TPSA) is 82.0 Å². The molecule has 39 heavy (non-hydrogen) atoms. The molecule has 2 aromatic carbocycles. The number of phenols is 1. The number of likely N-dealkylation sites (tertiary alicyclic amines) is 1. The van der Waals surface area contributed by atoms with Crippen LogP contribution in [-0.2, 0) is 4.79 Å². The first-order valence-corrected chi connectivity index (χ1v) is 13.4. The Labute approximate surface area is 230 Å². The van der Waals surface area contributed by atoms with E-state index in [1.165, 1.54) is 30.7 Å². The summed E-state index contributed by atoms with van der Waals surface area (Å²) in [7, 11) is 0. The minimum Gasteiger partial charge on any atom is -0.507 e. The van der Waals surface area contributed by atoms with Gasteiger partial charge in [-0.25, -0.2) is 8.78 Å². The zero-order valence-electron chi connectivity index (χ0n) is 21.5. The van der Waals surface area contributed by atoms with Crippen molar-refractivity contribution in [3.05, 3.63) is 53.6 Å². The molecule has 0 atom stereocenters. The van der Waals surface area contributed by atoms with E-state index < -0.39 is 17.4 Å². The number of hydrogen-bond donors (Lipinski definition) is 1. The Bertz CT molecular complexity index is 1370. The van der Waals surface area contributed by atoms with Crippen LogP contribution in [0.4, 0.5) is 14.6 Å².